The van der Waals surface area contributed by atoms with E-state index in [2.05, 4.69) is 9.98 Å². The van der Waals surface area contributed by atoms with E-state index in [1.807, 2.05) is 0 Å². The smallest absolute Gasteiger partial charge is 0.425 e. The summed E-state index contributed by atoms with van der Waals surface area (Å²) in [5, 5.41) is 0. The van der Waals surface area contributed by atoms with Gasteiger partial charge in [-0.1, -0.05) is 0 Å². The third kappa shape index (κ3) is 4.73. The number of hydrogen-bond donors (Lipinski definition) is 0. The molecule has 1 heterocycles. The molecular formula is C13H16F3N3O2. The summed E-state index contributed by atoms with van der Waals surface area (Å²) in [6, 6.07) is 1.50. The normalized spacial score (nSPS) is 13.3. The summed E-state index contributed by atoms with van der Waals surface area (Å²) >= 11 is 0. The van der Waals surface area contributed by atoms with Crippen LogP contribution in [0.2, 0.25) is 0 Å². The number of rotatable bonds is 4. The molecule has 0 radical (unpaired) electrons. The largest absolute Gasteiger partial charge is 0.464 e. The molecule has 8 heteroatoms. The molecule has 5 nitrogen and oxygen atoms in total. The van der Waals surface area contributed by atoms with Gasteiger partial charge in [0.1, 0.15) is 5.56 Å². The molecule has 116 valence electrons. The lowest BCUT2D eigenvalue weighted by Gasteiger charge is -2.18. The van der Waals surface area contributed by atoms with Gasteiger partial charge < -0.3 is 9.64 Å². The number of aryl methyl sites for hydroxylation is 1. The van der Waals surface area contributed by atoms with Crippen LogP contribution >= 0.6 is 0 Å². The quantitative estimate of drug-likeness (QED) is 0.633. The Bertz CT molecular complexity index is 542. The van der Waals surface area contributed by atoms with Crippen molar-refractivity contribution in [1.82, 2.24) is 9.88 Å². The molecule has 1 amide bonds. The highest BCUT2D eigenvalue weighted by molar-refractivity contribution is 6.01. The van der Waals surface area contributed by atoms with E-state index in [1.54, 1.807) is 21.0 Å². The zero-order chi connectivity index (χ0) is 16.2. The van der Waals surface area contributed by atoms with Gasteiger partial charge in [0, 0.05) is 20.3 Å². The first kappa shape index (κ1) is 16.9. The van der Waals surface area contributed by atoms with Crippen LogP contribution in [0, 0.1) is 6.92 Å². The summed E-state index contributed by atoms with van der Waals surface area (Å²) in [7, 11) is 3.33. The number of carbonyl (C=O) groups excluding carboxylic acids is 1. The molecule has 0 aliphatic rings. The van der Waals surface area contributed by atoms with Crippen molar-refractivity contribution in [2.24, 2.45) is 4.99 Å². The fourth-order valence-electron chi connectivity index (χ4n) is 1.35. The molecular weight excluding hydrogens is 287 g/mol. The standard InChI is InChI=1S/C13H16F3N3O2/c1-8-5-6-17-12(21-9(2)13(14,15)16)10(8)11(20)18-7-19(3)4/h5-7,9H,1-4H3. The van der Waals surface area contributed by atoms with Crippen LogP contribution in [0.4, 0.5) is 13.2 Å². The zero-order valence-electron chi connectivity index (χ0n) is 12.1. The number of ether oxygens (including phenoxy) is 1. The number of amides is 1. The van der Waals surface area contributed by atoms with E-state index in [0.29, 0.717) is 5.56 Å². The lowest BCUT2D eigenvalue weighted by molar-refractivity contribution is -0.190. The Hall–Kier alpha value is -2.12. The molecule has 1 atom stereocenters. The Morgan fingerprint density at radius 2 is 2.10 bits per heavy atom. The number of nitrogens with zero attached hydrogens (tertiary/aromatic N) is 3. The Morgan fingerprint density at radius 1 is 1.48 bits per heavy atom. The van der Waals surface area contributed by atoms with E-state index in [1.165, 1.54) is 23.5 Å². The molecule has 0 saturated carbocycles. The van der Waals surface area contributed by atoms with Crippen LogP contribution in [0.15, 0.2) is 17.3 Å². The first-order valence-corrected chi connectivity index (χ1v) is 6.07. The monoisotopic (exact) mass is 303 g/mol. The molecule has 21 heavy (non-hydrogen) atoms. The van der Waals surface area contributed by atoms with Gasteiger partial charge in [-0.15, -0.1) is 0 Å². The van der Waals surface area contributed by atoms with Crippen molar-refractivity contribution in [1.29, 1.82) is 0 Å². The van der Waals surface area contributed by atoms with Gasteiger partial charge in [0.15, 0.2) is 6.10 Å². The number of alkyl halides is 3. The second kappa shape index (κ2) is 6.55. The summed E-state index contributed by atoms with van der Waals surface area (Å²) in [5.41, 5.74) is 0.363. The maximum absolute atomic E-state index is 12.5. The van der Waals surface area contributed by atoms with Gasteiger partial charge in [-0.05, 0) is 25.5 Å². The fourth-order valence-corrected chi connectivity index (χ4v) is 1.35. The van der Waals surface area contributed by atoms with E-state index in [9.17, 15) is 18.0 Å². The van der Waals surface area contributed by atoms with Gasteiger partial charge >= 0.3 is 6.18 Å². The first-order valence-electron chi connectivity index (χ1n) is 6.07. The second-order valence-corrected chi connectivity index (χ2v) is 4.62. The number of pyridine rings is 1. The SMILES string of the molecule is Cc1ccnc(OC(C)C(F)(F)F)c1C(=O)N=CN(C)C. The van der Waals surface area contributed by atoms with E-state index >= 15 is 0 Å². The van der Waals surface area contributed by atoms with Crippen LogP contribution in [0.5, 0.6) is 5.88 Å². The van der Waals surface area contributed by atoms with Crippen LogP contribution in [-0.2, 0) is 0 Å². The molecule has 0 N–H and O–H groups in total. The molecule has 0 saturated heterocycles. The highest BCUT2D eigenvalue weighted by Gasteiger charge is 2.39. The number of hydrogen-bond acceptors (Lipinski definition) is 3. The highest BCUT2D eigenvalue weighted by atomic mass is 19.4. The molecule has 1 unspecified atom stereocenters. The average molecular weight is 303 g/mol. The molecule has 0 fully saturated rings. The van der Waals surface area contributed by atoms with E-state index < -0.39 is 18.2 Å². The second-order valence-electron chi connectivity index (χ2n) is 4.62. The average Bonchev–Trinajstić information content (AvgIpc) is 2.35. The minimum Gasteiger partial charge on any atom is -0.464 e. The predicted octanol–water partition coefficient (Wildman–Crippen LogP) is 2.45. The maximum atomic E-state index is 12.5. The van der Waals surface area contributed by atoms with Gasteiger partial charge in [-0.3, -0.25) is 4.79 Å². The van der Waals surface area contributed by atoms with Crippen LogP contribution in [0.3, 0.4) is 0 Å². The number of halogens is 3. The van der Waals surface area contributed by atoms with E-state index in [-0.39, 0.29) is 11.4 Å². The van der Waals surface area contributed by atoms with Crippen molar-refractivity contribution in [2.75, 3.05) is 14.1 Å². The summed E-state index contributed by atoms with van der Waals surface area (Å²) in [5.74, 6) is -1.08. The summed E-state index contributed by atoms with van der Waals surface area (Å²) in [6.45, 7) is 2.42. The maximum Gasteiger partial charge on any atom is 0.425 e. The van der Waals surface area contributed by atoms with Crippen LogP contribution in [0.1, 0.15) is 22.8 Å². The van der Waals surface area contributed by atoms with E-state index in [4.69, 9.17) is 4.74 Å². The summed E-state index contributed by atoms with van der Waals surface area (Å²) in [6.07, 6.45) is -4.08. The molecule has 1 rings (SSSR count). The van der Waals surface area contributed by atoms with Gasteiger partial charge in [0.05, 0.1) is 6.34 Å². The van der Waals surface area contributed by atoms with E-state index in [0.717, 1.165) is 6.92 Å². The summed E-state index contributed by atoms with van der Waals surface area (Å²) in [4.78, 5) is 20.9. The minimum absolute atomic E-state index is 0.0771. The van der Waals surface area contributed by atoms with Gasteiger partial charge in [0.25, 0.3) is 5.91 Å². The molecule has 1 aromatic rings. The molecule has 0 aromatic carbocycles. The van der Waals surface area contributed by atoms with Gasteiger partial charge in [-0.2, -0.15) is 18.2 Å². The number of aromatic nitrogens is 1. The Kier molecular flexibility index (Phi) is 5.28. The molecule has 1 aromatic heterocycles. The lowest BCUT2D eigenvalue weighted by Crippen LogP contribution is -2.32. The van der Waals surface area contributed by atoms with Crippen LogP contribution in [0.25, 0.3) is 0 Å². The van der Waals surface area contributed by atoms with Crippen molar-refractivity contribution in [3.05, 3.63) is 23.4 Å². The Balaban J connectivity index is 3.12. The first-order chi connectivity index (χ1) is 9.62. The Morgan fingerprint density at radius 3 is 2.62 bits per heavy atom. The number of aliphatic imine (C=N–C) groups is 1. The summed E-state index contributed by atoms with van der Waals surface area (Å²) < 4.78 is 42.4. The zero-order valence-corrected chi connectivity index (χ0v) is 12.1. The van der Waals surface area contributed by atoms with Crippen molar-refractivity contribution < 1.29 is 22.7 Å². The predicted molar refractivity (Wildman–Crippen MR) is 71.6 cm³/mol. The Labute approximate surface area is 120 Å². The topological polar surface area (TPSA) is 54.8 Å². The van der Waals surface area contributed by atoms with Crippen LogP contribution in [-0.4, -0.2) is 48.5 Å². The number of carbonyl (C=O) groups is 1. The minimum atomic E-state index is -4.54. The van der Waals surface area contributed by atoms with Gasteiger partial charge in [0.2, 0.25) is 5.88 Å². The molecule has 0 aliphatic heterocycles. The highest BCUT2D eigenvalue weighted by Crippen LogP contribution is 2.27. The van der Waals surface area contributed by atoms with Crippen molar-refractivity contribution in [3.63, 3.8) is 0 Å². The van der Waals surface area contributed by atoms with Crippen molar-refractivity contribution >= 4 is 12.2 Å². The molecule has 0 spiro atoms. The van der Waals surface area contributed by atoms with Crippen molar-refractivity contribution in [2.45, 2.75) is 26.1 Å². The van der Waals surface area contributed by atoms with Gasteiger partial charge in [-0.25, -0.2) is 4.98 Å². The van der Waals surface area contributed by atoms with Crippen molar-refractivity contribution in [3.8, 4) is 5.88 Å². The fraction of sp³-hybridized carbons (Fsp3) is 0.462. The lowest BCUT2D eigenvalue weighted by atomic mass is 10.1. The third-order valence-corrected chi connectivity index (χ3v) is 2.49. The third-order valence-electron chi connectivity index (χ3n) is 2.49. The molecule has 0 bridgehead atoms. The van der Waals surface area contributed by atoms with Crippen LogP contribution < -0.4 is 4.74 Å². The molecule has 0 aliphatic carbocycles.